The highest BCUT2D eigenvalue weighted by Crippen LogP contribution is 2.20. The van der Waals surface area contributed by atoms with Crippen LogP contribution in [0.2, 0.25) is 0 Å². The molecule has 13 heteroatoms. The lowest BCUT2D eigenvalue weighted by atomic mass is 10.2. The van der Waals surface area contributed by atoms with Crippen molar-refractivity contribution >= 4 is 35.1 Å². The van der Waals surface area contributed by atoms with Crippen molar-refractivity contribution in [2.24, 2.45) is 7.05 Å². The number of imidazole rings is 1. The minimum atomic E-state index is -0.506. The summed E-state index contributed by atoms with van der Waals surface area (Å²) in [6, 6.07) is 6.33. The monoisotopic (exact) mass is 445 g/mol. The van der Waals surface area contributed by atoms with E-state index in [9.17, 15) is 19.7 Å². The Labute approximate surface area is 180 Å². The second kappa shape index (κ2) is 9.38. The number of aromatic nitrogens is 5. The van der Waals surface area contributed by atoms with E-state index in [-0.39, 0.29) is 24.0 Å². The average molecular weight is 445 g/mol. The number of aryl methyl sites for hydroxylation is 1. The largest absolute Gasteiger partial charge is 0.465 e. The number of ether oxygens (including phenoxy) is 1. The minimum absolute atomic E-state index is 0.0784. The van der Waals surface area contributed by atoms with E-state index in [1.54, 1.807) is 42.8 Å². The Balaban J connectivity index is 1.60. The third-order valence-corrected chi connectivity index (χ3v) is 5.39. The van der Waals surface area contributed by atoms with Gasteiger partial charge >= 0.3 is 11.8 Å². The Morgan fingerprint density at radius 2 is 1.97 bits per heavy atom. The van der Waals surface area contributed by atoms with Crippen LogP contribution in [-0.2, 0) is 23.1 Å². The Kier molecular flexibility index (Phi) is 6.65. The fraction of sp³-hybridized carbons (Fsp3) is 0.278. The highest BCUT2D eigenvalue weighted by molar-refractivity contribution is 7.99. The van der Waals surface area contributed by atoms with Crippen LogP contribution in [0.3, 0.4) is 0 Å². The number of nitrogens with one attached hydrogen (secondary N) is 1. The lowest BCUT2D eigenvalue weighted by Crippen LogP contribution is -2.15. The molecule has 0 fully saturated rings. The molecule has 0 unspecified atom stereocenters. The Bertz CT molecular complexity index is 1120. The summed E-state index contributed by atoms with van der Waals surface area (Å²) < 4.78 is 7.74. The molecule has 0 aliphatic rings. The number of rotatable bonds is 8. The fourth-order valence-corrected chi connectivity index (χ4v) is 3.41. The number of methoxy groups -OCH3 is 1. The van der Waals surface area contributed by atoms with Gasteiger partial charge in [-0.25, -0.2) is 14.3 Å². The summed E-state index contributed by atoms with van der Waals surface area (Å²) in [4.78, 5) is 38.3. The Morgan fingerprint density at radius 1 is 1.26 bits per heavy atom. The van der Waals surface area contributed by atoms with Gasteiger partial charge in [0.1, 0.15) is 6.20 Å². The van der Waals surface area contributed by atoms with Crippen molar-refractivity contribution < 1.29 is 19.2 Å². The number of nitro groups is 1. The van der Waals surface area contributed by atoms with Gasteiger partial charge in [-0.2, -0.15) is 0 Å². The van der Waals surface area contributed by atoms with Gasteiger partial charge in [0.2, 0.25) is 5.91 Å². The van der Waals surface area contributed by atoms with Crippen molar-refractivity contribution in [1.29, 1.82) is 0 Å². The van der Waals surface area contributed by atoms with Crippen molar-refractivity contribution in [3.8, 4) is 0 Å². The first kappa shape index (κ1) is 22.0. The fourth-order valence-electron chi connectivity index (χ4n) is 2.68. The van der Waals surface area contributed by atoms with Gasteiger partial charge < -0.3 is 24.7 Å². The van der Waals surface area contributed by atoms with Crippen LogP contribution in [0.4, 0.5) is 11.5 Å². The van der Waals surface area contributed by atoms with E-state index in [1.807, 2.05) is 0 Å². The molecule has 0 aliphatic carbocycles. The number of hydrogen-bond donors (Lipinski definition) is 1. The highest BCUT2D eigenvalue weighted by Gasteiger charge is 2.21. The predicted octanol–water partition coefficient (Wildman–Crippen LogP) is 1.79. The van der Waals surface area contributed by atoms with E-state index < -0.39 is 10.9 Å². The predicted molar refractivity (Wildman–Crippen MR) is 111 cm³/mol. The normalized spacial score (nSPS) is 10.7. The van der Waals surface area contributed by atoms with Crippen molar-refractivity contribution in [3.05, 3.63) is 57.8 Å². The summed E-state index contributed by atoms with van der Waals surface area (Å²) in [5.41, 5.74) is 0.926. The van der Waals surface area contributed by atoms with E-state index in [4.69, 9.17) is 0 Å². The molecule has 3 rings (SSSR count). The van der Waals surface area contributed by atoms with E-state index >= 15 is 0 Å². The van der Waals surface area contributed by atoms with Gasteiger partial charge in [-0.3, -0.25) is 4.79 Å². The molecule has 3 aromatic rings. The second-order valence-corrected chi connectivity index (χ2v) is 7.31. The van der Waals surface area contributed by atoms with Crippen LogP contribution in [0.1, 0.15) is 22.0 Å². The zero-order valence-electron chi connectivity index (χ0n) is 16.9. The first-order valence-electron chi connectivity index (χ1n) is 8.96. The summed E-state index contributed by atoms with van der Waals surface area (Å²) in [5, 5.41) is 22.5. The number of amides is 1. The highest BCUT2D eigenvalue weighted by atomic mass is 32.2. The number of thioether (sulfide) groups is 1. The molecule has 12 nitrogen and oxygen atoms in total. The maximum atomic E-state index is 12.2. The molecule has 1 amide bonds. The lowest BCUT2D eigenvalue weighted by molar-refractivity contribution is -0.392. The molecule has 162 valence electrons. The molecule has 0 saturated carbocycles. The van der Waals surface area contributed by atoms with Crippen LogP contribution in [0.5, 0.6) is 0 Å². The van der Waals surface area contributed by atoms with Gasteiger partial charge in [-0.1, -0.05) is 11.8 Å². The molecule has 0 radical (unpaired) electrons. The van der Waals surface area contributed by atoms with Gasteiger partial charge in [-0.15, -0.1) is 10.2 Å². The van der Waals surface area contributed by atoms with Gasteiger partial charge in [0.15, 0.2) is 23.4 Å². The van der Waals surface area contributed by atoms with Crippen molar-refractivity contribution in [1.82, 2.24) is 24.3 Å². The summed E-state index contributed by atoms with van der Waals surface area (Å²) in [7, 11) is 3.02. The molecule has 0 saturated heterocycles. The number of hydrogen-bond acceptors (Lipinski definition) is 9. The van der Waals surface area contributed by atoms with Gasteiger partial charge in [-0.05, 0) is 29.2 Å². The van der Waals surface area contributed by atoms with Crippen LogP contribution in [-0.4, -0.2) is 54.0 Å². The number of benzene rings is 1. The molecule has 0 atom stereocenters. The molecule has 1 aromatic carbocycles. The van der Waals surface area contributed by atoms with Crippen LogP contribution in [0, 0.1) is 17.0 Å². The van der Waals surface area contributed by atoms with Gasteiger partial charge in [0, 0.05) is 19.7 Å². The minimum Gasteiger partial charge on any atom is -0.465 e. The van der Waals surface area contributed by atoms with Crippen molar-refractivity contribution in [2.75, 3.05) is 18.2 Å². The van der Waals surface area contributed by atoms with E-state index in [2.05, 4.69) is 25.2 Å². The molecule has 31 heavy (non-hydrogen) atoms. The molecule has 2 aromatic heterocycles. The maximum absolute atomic E-state index is 12.2. The summed E-state index contributed by atoms with van der Waals surface area (Å²) >= 11 is 1.18. The molecule has 0 bridgehead atoms. The maximum Gasteiger partial charge on any atom is 0.343 e. The molecule has 0 spiro atoms. The number of carbonyl (C=O) groups excluding carboxylic acids is 2. The molecule has 1 N–H and O–H groups in total. The van der Waals surface area contributed by atoms with Gasteiger partial charge in [0.05, 0.1) is 18.4 Å². The van der Waals surface area contributed by atoms with Crippen LogP contribution < -0.4 is 5.32 Å². The number of anilines is 1. The molecular formula is C18H19N7O5S. The molecular weight excluding hydrogens is 426 g/mol. The van der Waals surface area contributed by atoms with Crippen LogP contribution >= 0.6 is 11.8 Å². The van der Waals surface area contributed by atoms with E-state index in [0.29, 0.717) is 28.1 Å². The third-order valence-electron chi connectivity index (χ3n) is 4.37. The molecule has 2 heterocycles. The first-order valence-corrected chi connectivity index (χ1v) is 9.94. The van der Waals surface area contributed by atoms with Crippen molar-refractivity contribution in [3.63, 3.8) is 0 Å². The van der Waals surface area contributed by atoms with E-state index in [0.717, 1.165) is 0 Å². The smallest absolute Gasteiger partial charge is 0.343 e. The van der Waals surface area contributed by atoms with Crippen molar-refractivity contribution in [2.45, 2.75) is 18.6 Å². The topological polar surface area (TPSA) is 147 Å². The zero-order chi connectivity index (χ0) is 22.5. The summed E-state index contributed by atoms with van der Waals surface area (Å²) in [5.74, 6) is 0.207. The average Bonchev–Trinajstić information content (AvgIpc) is 3.29. The number of nitrogens with zero attached hydrogens (tertiary/aromatic N) is 6. The third kappa shape index (κ3) is 5.06. The standard InChI is InChI=1S/C18H19N7O5S/c1-11-19-8-16(25(28)29)24(11)9-14-21-22-18(23(14)2)31-10-15(26)20-13-6-4-12(5-7-13)17(27)30-3/h4-8H,9-10H2,1-3H3,(H,20,26). The summed E-state index contributed by atoms with van der Waals surface area (Å²) in [6.45, 7) is 1.80. The van der Waals surface area contributed by atoms with Crippen LogP contribution in [0.25, 0.3) is 0 Å². The first-order chi connectivity index (χ1) is 14.8. The Hall–Kier alpha value is -3.74. The lowest BCUT2D eigenvalue weighted by Gasteiger charge is -2.06. The SMILES string of the molecule is COC(=O)c1ccc(NC(=O)CSc2nnc(Cn3c([N+](=O)[O-])cnc3C)n2C)cc1. The second-order valence-electron chi connectivity index (χ2n) is 6.37. The zero-order valence-corrected chi connectivity index (χ0v) is 17.8. The molecule has 0 aliphatic heterocycles. The van der Waals surface area contributed by atoms with Gasteiger partial charge in [0.25, 0.3) is 0 Å². The quantitative estimate of drug-likeness (QED) is 0.237. The van der Waals surface area contributed by atoms with E-state index in [1.165, 1.54) is 29.6 Å². The number of esters is 1. The summed E-state index contributed by atoms with van der Waals surface area (Å²) in [6.07, 6.45) is 1.20. The Morgan fingerprint density at radius 3 is 2.61 bits per heavy atom. The number of carbonyl (C=O) groups is 2. The van der Waals surface area contributed by atoms with Crippen LogP contribution in [0.15, 0.2) is 35.6 Å².